The van der Waals surface area contributed by atoms with Gasteiger partial charge >= 0.3 is 12.1 Å². The van der Waals surface area contributed by atoms with Crippen molar-refractivity contribution in [1.29, 1.82) is 0 Å². The Hall–Kier alpha value is -2.56. The summed E-state index contributed by atoms with van der Waals surface area (Å²) in [6, 6.07) is 10.5. The number of benzene rings is 2. The summed E-state index contributed by atoms with van der Waals surface area (Å²) in [6.07, 6.45) is -1.33. The van der Waals surface area contributed by atoms with Crippen LogP contribution in [0, 0.1) is 6.92 Å². The van der Waals surface area contributed by atoms with Gasteiger partial charge in [-0.3, -0.25) is 0 Å². The average molecular weight is 334 g/mol. The molecule has 0 aliphatic carbocycles. The van der Waals surface area contributed by atoms with Gasteiger partial charge in [-0.2, -0.15) is 13.2 Å². The minimum atomic E-state index is -4.34. The molecule has 2 aromatic carbocycles. The second-order valence-corrected chi connectivity index (χ2v) is 5.23. The summed E-state index contributed by atoms with van der Waals surface area (Å²) in [5.41, 5.74) is 2.60. The van der Waals surface area contributed by atoms with Crippen molar-refractivity contribution in [3.05, 3.63) is 65.2 Å². The monoisotopic (exact) mass is 334 g/mol. The van der Waals surface area contributed by atoms with E-state index in [9.17, 15) is 18.0 Å². The van der Waals surface area contributed by atoms with Crippen LogP contribution >= 0.6 is 0 Å². The molecule has 0 radical (unpaired) electrons. The predicted octanol–water partition coefficient (Wildman–Crippen LogP) is 5.26. The number of halogens is 3. The molecule has 0 fully saturated rings. The Kier molecular flexibility index (Phi) is 5.44. The second kappa shape index (κ2) is 7.34. The van der Waals surface area contributed by atoms with Gasteiger partial charge in [-0.05, 0) is 54.3 Å². The molecule has 0 N–H and O–H groups in total. The largest absolute Gasteiger partial charge is 0.463 e. The van der Waals surface area contributed by atoms with Gasteiger partial charge in [0.2, 0.25) is 0 Å². The SMILES string of the molecule is CCOC(=O)/C=C/c1ccc(-c2ccc(C(F)(F)F)cc2)cc1C. The molecule has 2 rings (SSSR count). The maximum absolute atomic E-state index is 12.6. The zero-order valence-corrected chi connectivity index (χ0v) is 13.4. The molecule has 0 heterocycles. The van der Waals surface area contributed by atoms with E-state index in [0.29, 0.717) is 12.2 Å². The summed E-state index contributed by atoms with van der Waals surface area (Å²) in [7, 11) is 0. The molecule has 0 saturated heterocycles. The van der Waals surface area contributed by atoms with E-state index in [-0.39, 0.29) is 0 Å². The first-order valence-electron chi connectivity index (χ1n) is 7.44. The molecule has 126 valence electrons. The van der Waals surface area contributed by atoms with Gasteiger partial charge in [-0.25, -0.2) is 4.79 Å². The lowest BCUT2D eigenvalue weighted by Gasteiger charge is -2.09. The van der Waals surface area contributed by atoms with Gasteiger partial charge < -0.3 is 4.74 Å². The maximum Gasteiger partial charge on any atom is 0.416 e. The van der Waals surface area contributed by atoms with Gasteiger partial charge in [0, 0.05) is 6.08 Å². The summed E-state index contributed by atoms with van der Waals surface area (Å²) >= 11 is 0. The molecule has 0 amide bonds. The number of rotatable bonds is 4. The standard InChI is InChI=1S/C19H17F3O2/c1-3-24-18(23)11-8-14-4-5-16(12-13(14)2)15-6-9-17(10-7-15)19(20,21)22/h4-12H,3H2,1-2H3/b11-8+. The lowest BCUT2D eigenvalue weighted by molar-refractivity contribution is -0.138. The molecule has 0 saturated carbocycles. The highest BCUT2D eigenvalue weighted by molar-refractivity contribution is 5.87. The topological polar surface area (TPSA) is 26.3 Å². The van der Waals surface area contributed by atoms with Crippen LogP contribution in [-0.2, 0) is 15.7 Å². The molecule has 0 aromatic heterocycles. The normalized spacial score (nSPS) is 11.7. The third-order valence-electron chi connectivity index (χ3n) is 3.50. The zero-order valence-electron chi connectivity index (χ0n) is 13.4. The van der Waals surface area contributed by atoms with Crippen LogP contribution in [0.1, 0.15) is 23.6 Å². The highest BCUT2D eigenvalue weighted by Gasteiger charge is 2.29. The Balaban J connectivity index is 2.22. The highest BCUT2D eigenvalue weighted by Crippen LogP contribution is 2.31. The molecule has 0 spiro atoms. The van der Waals surface area contributed by atoms with E-state index in [4.69, 9.17) is 4.74 Å². The van der Waals surface area contributed by atoms with Crippen molar-refractivity contribution in [2.45, 2.75) is 20.0 Å². The number of ether oxygens (including phenoxy) is 1. The number of hydrogen-bond donors (Lipinski definition) is 0. The quantitative estimate of drug-likeness (QED) is 0.563. The molecule has 2 nitrogen and oxygen atoms in total. The number of aryl methyl sites for hydroxylation is 1. The summed E-state index contributed by atoms with van der Waals surface area (Å²) in [6.45, 7) is 3.92. The van der Waals surface area contributed by atoms with Crippen LogP contribution in [0.3, 0.4) is 0 Å². The van der Waals surface area contributed by atoms with Gasteiger partial charge in [0.15, 0.2) is 0 Å². The lowest BCUT2D eigenvalue weighted by atomic mass is 9.99. The van der Waals surface area contributed by atoms with Crippen LogP contribution in [0.5, 0.6) is 0 Å². The fraction of sp³-hybridized carbons (Fsp3) is 0.211. The van der Waals surface area contributed by atoms with Crippen molar-refractivity contribution in [3.8, 4) is 11.1 Å². The van der Waals surface area contributed by atoms with E-state index in [2.05, 4.69) is 0 Å². The summed E-state index contributed by atoms with van der Waals surface area (Å²) in [5.74, 6) is -0.413. The molecular weight excluding hydrogens is 317 g/mol. The molecule has 0 unspecified atom stereocenters. The van der Waals surface area contributed by atoms with Crippen LogP contribution in [0.2, 0.25) is 0 Å². The summed E-state index contributed by atoms with van der Waals surface area (Å²) in [4.78, 5) is 11.3. The number of carbonyl (C=O) groups is 1. The van der Waals surface area contributed by atoms with Crippen molar-refractivity contribution >= 4 is 12.0 Å². The third kappa shape index (κ3) is 4.47. The van der Waals surface area contributed by atoms with Crippen molar-refractivity contribution in [3.63, 3.8) is 0 Å². The molecule has 0 atom stereocenters. The van der Waals surface area contributed by atoms with Crippen LogP contribution in [-0.4, -0.2) is 12.6 Å². The molecule has 0 aliphatic heterocycles. The first-order valence-corrected chi connectivity index (χ1v) is 7.44. The van der Waals surface area contributed by atoms with Gasteiger partial charge in [0.25, 0.3) is 0 Å². The van der Waals surface area contributed by atoms with Crippen molar-refractivity contribution in [2.24, 2.45) is 0 Å². The Bertz CT molecular complexity index is 744. The van der Waals surface area contributed by atoms with Gasteiger partial charge in [0.05, 0.1) is 12.2 Å². The fourth-order valence-electron chi connectivity index (χ4n) is 2.24. The van der Waals surface area contributed by atoms with Crippen molar-refractivity contribution in [1.82, 2.24) is 0 Å². The van der Waals surface area contributed by atoms with Gasteiger partial charge in [-0.15, -0.1) is 0 Å². The maximum atomic E-state index is 12.6. The van der Waals surface area contributed by atoms with E-state index in [1.54, 1.807) is 19.1 Å². The minimum absolute atomic E-state index is 0.314. The molecule has 0 aliphatic rings. The highest BCUT2D eigenvalue weighted by atomic mass is 19.4. The third-order valence-corrected chi connectivity index (χ3v) is 3.50. The molecule has 5 heteroatoms. The van der Waals surface area contributed by atoms with E-state index in [1.807, 2.05) is 19.1 Å². The Labute approximate surface area is 138 Å². The van der Waals surface area contributed by atoms with E-state index >= 15 is 0 Å². The zero-order chi connectivity index (χ0) is 17.7. The van der Waals surface area contributed by atoms with Gasteiger partial charge in [0.1, 0.15) is 0 Å². The Morgan fingerprint density at radius 2 is 1.71 bits per heavy atom. The van der Waals surface area contributed by atoms with Crippen LogP contribution in [0.25, 0.3) is 17.2 Å². The smallest absolute Gasteiger partial charge is 0.416 e. The van der Waals surface area contributed by atoms with E-state index in [1.165, 1.54) is 18.2 Å². The number of esters is 1. The molecule has 2 aromatic rings. The molecule has 24 heavy (non-hydrogen) atoms. The van der Waals surface area contributed by atoms with E-state index in [0.717, 1.165) is 28.8 Å². The van der Waals surface area contributed by atoms with E-state index < -0.39 is 17.7 Å². The molecular formula is C19H17F3O2. The average Bonchev–Trinajstić information content (AvgIpc) is 2.53. The number of alkyl halides is 3. The Morgan fingerprint density at radius 3 is 2.25 bits per heavy atom. The van der Waals surface area contributed by atoms with Crippen LogP contribution in [0.4, 0.5) is 13.2 Å². The number of hydrogen-bond acceptors (Lipinski definition) is 2. The van der Waals surface area contributed by atoms with Crippen molar-refractivity contribution in [2.75, 3.05) is 6.61 Å². The first-order chi connectivity index (χ1) is 11.3. The Morgan fingerprint density at radius 1 is 1.08 bits per heavy atom. The fourth-order valence-corrected chi connectivity index (χ4v) is 2.24. The minimum Gasteiger partial charge on any atom is -0.463 e. The second-order valence-electron chi connectivity index (χ2n) is 5.23. The van der Waals surface area contributed by atoms with Crippen LogP contribution in [0.15, 0.2) is 48.5 Å². The predicted molar refractivity (Wildman–Crippen MR) is 87.3 cm³/mol. The molecule has 0 bridgehead atoms. The summed E-state index contributed by atoms with van der Waals surface area (Å²) in [5, 5.41) is 0. The van der Waals surface area contributed by atoms with Crippen LogP contribution < -0.4 is 0 Å². The number of carbonyl (C=O) groups excluding carboxylic acids is 1. The lowest BCUT2D eigenvalue weighted by Crippen LogP contribution is -2.04. The first kappa shape index (κ1) is 17.8. The van der Waals surface area contributed by atoms with Gasteiger partial charge in [-0.1, -0.05) is 30.3 Å². The van der Waals surface area contributed by atoms with Crippen molar-refractivity contribution < 1.29 is 22.7 Å². The summed E-state index contributed by atoms with van der Waals surface area (Å²) < 4.78 is 42.6.